The highest BCUT2D eigenvalue weighted by atomic mass is 16.3. The number of rotatable bonds is 16. The van der Waals surface area contributed by atoms with Crippen LogP contribution in [0.3, 0.4) is 0 Å². The molecule has 0 saturated heterocycles. The van der Waals surface area contributed by atoms with Crippen molar-refractivity contribution in [2.24, 2.45) is 23.7 Å². The van der Waals surface area contributed by atoms with Crippen LogP contribution < -0.4 is 5.32 Å². The summed E-state index contributed by atoms with van der Waals surface area (Å²) in [5.74, 6) is 3.68. The molecule has 1 atom stereocenters. The van der Waals surface area contributed by atoms with Crippen molar-refractivity contribution in [3.8, 4) is 0 Å². The predicted molar refractivity (Wildman–Crippen MR) is 125 cm³/mol. The van der Waals surface area contributed by atoms with Gasteiger partial charge in [0.25, 0.3) is 0 Å². The highest BCUT2D eigenvalue weighted by molar-refractivity contribution is 5.11. The fraction of sp³-hybridized carbons (Fsp3) is 1.00. The Labute approximate surface area is 182 Å². The SMILES string of the molecule is CCCCCCCCCCCCCCC(O)CC1(NC)C2CC3CC(C2)CC1C3. The first kappa shape index (κ1) is 23.6. The van der Waals surface area contributed by atoms with Gasteiger partial charge in [0.15, 0.2) is 0 Å². The zero-order valence-electron chi connectivity index (χ0n) is 19.8. The molecule has 0 aromatic heterocycles. The van der Waals surface area contributed by atoms with Crippen molar-refractivity contribution in [2.75, 3.05) is 7.05 Å². The minimum absolute atomic E-state index is 0.0944. The second kappa shape index (κ2) is 12.1. The van der Waals surface area contributed by atoms with Gasteiger partial charge in [-0.2, -0.15) is 0 Å². The molecule has 1 unspecified atom stereocenters. The molecule has 4 aliphatic rings. The molecule has 4 rings (SSSR count). The quantitative estimate of drug-likeness (QED) is 0.265. The van der Waals surface area contributed by atoms with Crippen LogP contribution in [0.5, 0.6) is 0 Å². The fourth-order valence-electron chi connectivity index (χ4n) is 7.58. The Morgan fingerprint density at radius 1 is 0.724 bits per heavy atom. The van der Waals surface area contributed by atoms with Crippen molar-refractivity contribution in [1.82, 2.24) is 5.32 Å². The van der Waals surface area contributed by atoms with Gasteiger partial charge in [-0.15, -0.1) is 0 Å². The van der Waals surface area contributed by atoms with Gasteiger partial charge in [0, 0.05) is 5.54 Å². The number of unbranched alkanes of at least 4 members (excludes halogenated alkanes) is 11. The zero-order chi connectivity index (χ0) is 20.5. The summed E-state index contributed by atoms with van der Waals surface area (Å²) in [5.41, 5.74) is 0.254. The lowest BCUT2D eigenvalue weighted by atomic mass is 9.47. The summed E-state index contributed by atoms with van der Waals surface area (Å²) in [7, 11) is 2.18. The van der Waals surface area contributed by atoms with Crippen molar-refractivity contribution in [2.45, 2.75) is 141 Å². The molecule has 29 heavy (non-hydrogen) atoms. The number of hydrogen-bond donors (Lipinski definition) is 2. The zero-order valence-corrected chi connectivity index (χ0v) is 19.8. The van der Waals surface area contributed by atoms with Crippen molar-refractivity contribution < 1.29 is 5.11 Å². The molecular formula is C27H51NO. The third-order valence-electron chi connectivity index (χ3n) is 9.02. The summed E-state index contributed by atoms with van der Waals surface area (Å²) in [6.45, 7) is 2.29. The molecule has 0 aromatic carbocycles. The first-order valence-corrected chi connectivity index (χ1v) is 13.5. The van der Waals surface area contributed by atoms with Gasteiger partial charge in [-0.05, 0) is 75.7 Å². The Morgan fingerprint density at radius 3 is 1.62 bits per heavy atom. The minimum atomic E-state index is -0.0944. The monoisotopic (exact) mass is 405 g/mol. The molecule has 2 N–H and O–H groups in total. The Balaban J connectivity index is 1.23. The first-order valence-electron chi connectivity index (χ1n) is 13.5. The van der Waals surface area contributed by atoms with Gasteiger partial charge in [0.2, 0.25) is 0 Å². The summed E-state index contributed by atoms with van der Waals surface area (Å²) in [6.07, 6.45) is 25.9. The third-order valence-corrected chi connectivity index (χ3v) is 9.02. The Kier molecular flexibility index (Phi) is 9.83. The van der Waals surface area contributed by atoms with Crippen LogP contribution in [0.25, 0.3) is 0 Å². The first-order chi connectivity index (χ1) is 14.2. The molecule has 2 heteroatoms. The van der Waals surface area contributed by atoms with Crippen LogP contribution >= 0.6 is 0 Å². The van der Waals surface area contributed by atoms with Crippen LogP contribution in [0.4, 0.5) is 0 Å². The van der Waals surface area contributed by atoms with E-state index in [-0.39, 0.29) is 11.6 Å². The second-order valence-corrected chi connectivity index (χ2v) is 11.1. The Morgan fingerprint density at radius 2 is 1.17 bits per heavy atom. The Bertz CT molecular complexity index is 420. The van der Waals surface area contributed by atoms with E-state index in [0.29, 0.717) is 0 Å². The summed E-state index contributed by atoms with van der Waals surface area (Å²) in [5, 5.41) is 14.6. The molecule has 2 nitrogen and oxygen atoms in total. The number of nitrogens with one attached hydrogen (secondary N) is 1. The maximum atomic E-state index is 10.9. The average Bonchev–Trinajstić information content (AvgIpc) is 2.71. The molecule has 0 amide bonds. The van der Waals surface area contributed by atoms with E-state index in [2.05, 4.69) is 19.3 Å². The third kappa shape index (κ3) is 6.45. The van der Waals surface area contributed by atoms with Gasteiger partial charge >= 0.3 is 0 Å². The number of hydrogen-bond acceptors (Lipinski definition) is 2. The van der Waals surface area contributed by atoms with Gasteiger partial charge in [0.1, 0.15) is 0 Å². The molecule has 4 aliphatic carbocycles. The van der Waals surface area contributed by atoms with Crippen molar-refractivity contribution in [3.05, 3.63) is 0 Å². The topological polar surface area (TPSA) is 32.3 Å². The van der Waals surface area contributed by atoms with Crippen molar-refractivity contribution in [3.63, 3.8) is 0 Å². The number of aliphatic hydroxyl groups excluding tert-OH is 1. The maximum absolute atomic E-state index is 10.9. The molecule has 0 aromatic rings. The smallest absolute Gasteiger partial charge is 0.0558 e. The van der Waals surface area contributed by atoms with E-state index >= 15 is 0 Å². The van der Waals surface area contributed by atoms with Gasteiger partial charge in [0.05, 0.1) is 6.10 Å². The van der Waals surface area contributed by atoms with Gasteiger partial charge in [-0.25, -0.2) is 0 Å². The van der Waals surface area contributed by atoms with Crippen LogP contribution in [0.2, 0.25) is 0 Å². The molecule has 0 aliphatic heterocycles. The normalized spacial score (nSPS) is 34.0. The van der Waals surface area contributed by atoms with Crippen LogP contribution in [0, 0.1) is 23.7 Å². The highest BCUT2D eigenvalue weighted by Crippen LogP contribution is 2.59. The summed E-state index contributed by atoms with van der Waals surface area (Å²) in [6, 6.07) is 0. The molecule has 0 spiro atoms. The number of aliphatic hydroxyl groups is 1. The molecule has 170 valence electrons. The van der Waals surface area contributed by atoms with Crippen LogP contribution in [0.1, 0.15) is 129 Å². The molecule has 4 saturated carbocycles. The van der Waals surface area contributed by atoms with Gasteiger partial charge in [-0.1, -0.05) is 84.0 Å². The van der Waals surface area contributed by atoms with E-state index in [9.17, 15) is 5.11 Å². The fourth-order valence-corrected chi connectivity index (χ4v) is 7.58. The lowest BCUT2D eigenvalue weighted by Crippen LogP contribution is -2.65. The lowest BCUT2D eigenvalue weighted by Gasteiger charge is -2.62. The van der Waals surface area contributed by atoms with Crippen LogP contribution in [0.15, 0.2) is 0 Å². The van der Waals surface area contributed by atoms with Gasteiger partial charge < -0.3 is 10.4 Å². The van der Waals surface area contributed by atoms with E-state index < -0.39 is 0 Å². The molecular weight excluding hydrogens is 354 g/mol. The molecule has 0 heterocycles. The summed E-state index contributed by atoms with van der Waals surface area (Å²) >= 11 is 0. The molecule has 4 fully saturated rings. The Hall–Kier alpha value is -0.0800. The van der Waals surface area contributed by atoms with Gasteiger partial charge in [-0.3, -0.25) is 0 Å². The summed E-state index contributed by atoms with van der Waals surface area (Å²) in [4.78, 5) is 0. The standard InChI is InChI=1S/C27H51NO/c1-3-4-5-6-7-8-9-10-11-12-13-14-15-26(29)21-27(28-2)24-17-22-16-23(19-24)20-25(27)18-22/h22-26,28-29H,3-21H2,1-2H3. The van der Waals surface area contributed by atoms with E-state index in [0.717, 1.165) is 36.5 Å². The van der Waals surface area contributed by atoms with E-state index in [4.69, 9.17) is 0 Å². The lowest BCUT2D eigenvalue weighted by molar-refractivity contribution is -0.0894. The van der Waals surface area contributed by atoms with Crippen molar-refractivity contribution >= 4 is 0 Å². The van der Waals surface area contributed by atoms with E-state index in [1.54, 1.807) is 0 Å². The van der Waals surface area contributed by atoms with Crippen LogP contribution in [-0.2, 0) is 0 Å². The highest BCUT2D eigenvalue weighted by Gasteiger charge is 2.56. The molecule has 0 radical (unpaired) electrons. The predicted octanol–water partition coefficient (Wildman–Crippen LogP) is 7.24. The largest absolute Gasteiger partial charge is 0.393 e. The molecule has 4 bridgehead atoms. The van der Waals surface area contributed by atoms with Crippen LogP contribution in [-0.4, -0.2) is 23.8 Å². The van der Waals surface area contributed by atoms with E-state index in [1.807, 2.05) is 0 Å². The maximum Gasteiger partial charge on any atom is 0.0558 e. The van der Waals surface area contributed by atoms with Crippen molar-refractivity contribution in [1.29, 1.82) is 0 Å². The average molecular weight is 406 g/mol. The second-order valence-electron chi connectivity index (χ2n) is 11.1. The van der Waals surface area contributed by atoms with E-state index in [1.165, 1.54) is 109 Å². The summed E-state index contributed by atoms with van der Waals surface area (Å²) < 4.78 is 0. The minimum Gasteiger partial charge on any atom is -0.393 e.